The van der Waals surface area contributed by atoms with E-state index >= 15 is 0 Å². The second-order valence-electron chi connectivity index (χ2n) is 6.15. The molecule has 0 spiro atoms. The van der Waals surface area contributed by atoms with Crippen LogP contribution in [-0.2, 0) is 6.54 Å². The van der Waals surface area contributed by atoms with Gasteiger partial charge in [0.2, 0.25) is 0 Å². The molecule has 2 aromatic carbocycles. The minimum atomic E-state index is -0.298. The Labute approximate surface area is 146 Å². The summed E-state index contributed by atoms with van der Waals surface area (Å²) in [5, 5.41) is 4.49. The van der Waals surface area contributed by atoms with Crippen LogP contribution in [0.1, 0.15) is 0 Å². The largest absolute Gasteiger partial charge is 0.308 e. The molecule has 0 saturated heterocycles. The zero-order chi connectivity index (χ0) is 17.8. The van der Waals surface area contributed by atoms with Crippen LogP contribution >= 0.6 is 0 Å². The van der Waals surface area contributed by atoms with Gasteiger partial charge in [0.05, 0.1) is 17.8 Å². The van der Waals surface area contributed by atoms with Crippen LogP contribution in [0.25, 0.3) is 22.4 Å². The summed E-state index contributed by atoms with van der Waals surface area (Å²) in [5.41, 5.74) is 2.74. The molecular formula is C20H20FN3O. The first-order valence-electron chi connectivity index (χ1n) is 8.13. The molecule has 3 rings (SSSR count). The van der Waals surface area contributed by atoms with Gasteiger partial charge in [0.1, 0.15) is 5.82 Å². The maximum atomic E-state index is 13.2. The van der Waals surface area contributed by atoms with E-state index in [9.17, 15) is 9.18 Å². The monoisotopic (exact) mass is 337 g/mol. The average molecular weight is 337 g/mol. The zero-order valence-corrected chi connectivity index (χ0v) is 14.3. The Morgan fingerprint density at radius 3 is 2.32 bits per heavy atom. The van der Waals surface area contributed by atoms with Crippen LogP contribution in [-0.4, -0.2) is 35.3 Å². The van der Waals surface area contributed by atoms with Crippen molar-refractivity contribution in [1.82, 2.24) is 14.7 Å². The van der Waals surface area contributed by atoms with Crippen LogP contribution in [0.5, 0.6) is 0 Å². The second-order valence-corrected chi connectivity index (χ2v) is 6.15. The average Bonchev–Trinajstić information content (AvgIpc) is 2.62. The topological polar surface area (TPSA) is 38.1 Å². The standard InChI is InChI=1S/C20H20FN3O/c1-23(2)12-13-24-20(25)18(15-6-4-3-5-7-15)14-19(22-24)16-8-10-17(21)11-9-16/h3-11,14H,12-13H2,1-2H3. The Morgan fingerprint density at radius 1 is 1.00 bits per heavy atom. The zero-order valence-electron chi connectivity index (χ0n) is 14.3. The van der Waals surface area contributed by atoms with Crippen LogP contribution in [0.4, 0.5) is 4.39 Å². The first kappa shape index (κ1) is 17.0. The fourth-order valence-corrected chi connectivity index (χ4v) is 2.57. The summed E-state index contributed by atoms with van der Waals surface area (Å²) in [6.45, 7) is 1.19. The van der Waals surface area contributed by atoms with Gasteiger partial charge in [-0.1, -0.05) is 30.3 Å². The van der Waals surface area contributed by atoms with E-state index in [-0.39, 0.29) is 11.4 Å². The third kappa shape index (κ3) is 4.00. The third-order valence-electron chi connectivity index (χ3n) is 3.96. The molecule has 25 heavy (non-hydrogen) atoms. The highest BCUT2D eigenvalue weighted by molar-refractivity contribution is 5.69. The summed E-state index contributed by atoms with van der Waals surface area (Å²) in [6.07, 6.45) is 0. The summed E-state index contributed by atoms with van der Waals surface area (Å²) in [5.74, 6) is -0.298. The molecule has 0 fully saturated rings. The molecule has 0 amide bonds. The van der Waals surface area contributed by atoms with Gasteiger partial charge in [0, 0.05) is 12.1 Å². The molecule has 0 N–H and O–H groups in total. The Balaban J connectivity index is 2.13. The molecule has 0 saturated carbocycles. The Kier molecular flexibility index (Phi) is 5.05. The van der Waals surface area contributed by atoms with Crippen LogP contribution in [0.3, 0.4) is 0 Å². The molecule has 1 heterocycles. The molecule has 0 radical (unpaired) electrons. The van der Waals surface area contributed by atoms with E-state index in [2.05, 4.69) is 5.10 Å². The number of nitrogens with zero attached hydrogens (tertiary/aromatic N) is 3. The van der Waals surface area contributed by atoms with Crippen molar-refractivity contribution < 1.29 is 4.39 Å². The molecule has 0 bridgehead atoms. The van der Waals surface area contributed by atoms with E-state index in [0.29, 0.717) is 24.3 Å². The van der Waals surface area contributed by atoms with E-state index in [4.69, 9.17) is 0 Å². The molecule has 128 valence electrons. The second kappa shape index (κ2) is 7.40. The van der Waals surface area contributed by atoms with Crippen LogP contribution in [0, 0.1) is 5.82 Å². The van der Waals surface area contributed by atoms with Gasteiger partial charge in [-0.15, -0.1) is 0 Å². The number of hydrogen-bond acceptors (Lipinski definition) is 3. The van der Waals surface area contributed by atoms with E-state index in [1.54, 1.807) is 18.2 Å². The lowest BCUT2D eigenvalue weighted by Crippen LogP contribution is -2.29. The number of halogens is 1. The maximum Gasteiger partial charge on any atom is 0.274 e. The lowest BCUT2D eigenvalue weighted by molar-refractivity contribution is 0.368. The summed E-state index contributed by atoms with van der Waals surface area (Å²) >= 11 is 0. The van der Waals surface area contributed by atoms with Gasteiger partial charge in [-0.2, -0.15) is 5.10 Å². The molecule has 4 nitrogen and oxygen atoms in total. The van der Waals surface area contributed by atoms with Gasteiger partial charge in [-0.3, -0.25) is 4.79 Å². The van der Waals surface area contributed by atoms with Crippen molar-refractivity contribution in [1.29, 1.82) is 0 Å². The normalized spacial score (nSPS) is 11.0. The highest BCUT2D eigenvalue weighted by atomic mass is 19.1. The number of hydrogen-bond donors (Lipinski definition) is 0. The quantitative estimate of drug-likeness (QED) is 0.717. The predicted octanol–water partition coefficient (Wildman–Crippen LogP) is 3.28. The smallest absolute Gasteiger partial charge is 0.274 e. The molecule has 0 unspecified atom stereocenters. The maximum absolute atomic E-state index is 13.2. The van der Waals surface area contributed by atoms with Gasteiger partial charge in [0.15, 0.2) is 0 Å². The first-order chi connectivity index (χ1) is 12.0. The molecule has 0 aliphatic carbocycles. The van der Waals surface area contributed by atoms with Gasteiger partial charge in [0.25, 0.3) is 5.56 Å². The minimum absolute atomic E-state index is 0.126. The number of benzene rings is 2. The minimum Gasteiger partial charge on any atom is -0.308 e. The van der Waals surface area contributed by atoms with Crippen molar-refractivity contribution in [2.24, 2.45) is 0 Å². The summed E-state index contributed by atoms with van der Waals surface area (Å²) in [7, 11) is 3.90. The van der Waals surface area contributed by atoms with E-state index in [1.165, 1.54) is 16.8 Å². The molecular weight excluding hydrogens is 317 g/mol. The molecule has 0 aliphatic rings. The highest BCUT2D eigenvalue weighted by Crippen LogP contribution is 2.22. The van der Waals surface area contributed by atoms with E-state index in [0.717, 1.165) is 11.1 Å². The Hall–Kier alpha value is -2.79. The number of rotatable bonds is 5. The van der Waals surface area contributed by atoms with Crippen molar-refractivity contribution in [3.63, 3.8) is 0 Å². The highest BCUT2D eigenvalue weighted by Gasteiger charge is 2.12. The number of likely N-dealkylation sites (N-methyl/N-ethyl adjacent to an activating group) is 1. The molecule has 3 aromatic rings. The number of aromatic nitrogens is 2. The fourth-order valence-electron chi connectivity index (χ4n) is 2.57. The van der Waals surface area contributed by atoms with Crippen molar-refractivity contribution >= 4 is 0 Å². The van der Waals surface area contributed by atoms with E-state index < -0.39 is 0 Å². The van der Waals surface area contributed by atoms with Gasteiger partial charge < -0.3 is 4.90 Å². The Morgan fingerprint density at radius 2 is 1.68 bits per heavy atom. The van der Waals surface area contributed by atoms with Gasteiger partial charge in [-0.25, -0.2) is 9.07 Å². The summed E-state index contributed by atoms with van der Waals surface area (Å²) in [6, 6.07) is 17.4. The lowest BCUT2D eigenvalue weighted by Gasteiger charge is -2.13. The molecule has 0 atom stereocenters. The van der Waals surface area contributed by atoms with Crippen LogP contribution < -0.4 is 5.56 Å². The van der Waals surface area contributed by atoms with Crippen LogP contribution in [0.2, 0.25) is 0 Å². The van der Waals surface area contributed by atoms with Crippen molar-refractivity contribution in [2.45, 2.75) is 6.54 Å². The summed E-state index contributed by atoms with van der Waals surface area (Å²) in [4.78, 5) is 14.8. The van der Waals surface area contributed by atoms with Gasteiger partial charge in [-0.05, 0) is 50.0 Å². The van der Waals surface area contributed by atoms with Crippen molar-refractivity contribution in [3.05, 3.63) is 76.8 Å². The lowest BCUT2D eigenvalue weighted by atomic mass is 10.0. The summed E-state index contributed by atoms with van der Waals surface area (Å²) < 4.78 is 14.7. The van der Waals surface area contributed by atoms with Gasteiger partial charge >= 0.3 is 0 Å². The van der Waals surface area contributed by atoms with Crippen molar-refractivity contribution in [3.8, 4) is 22.4 Å². The molecule has 0 aliphatic heterocycles. The third-order valence-corrected chi connectivity index (χ3v) is 3.96. The first-order valence-corrected chi connectivity index (χ1v) is 8.13. The Bertz CT molecular complexity index is 902. The van der Waals surface area contributed by atoms with E-state index in [1.807, 2.05) is 49.3 Å². The van der Waals surface area contributed by atoms with Crippen molar-refractivity contribution in [2.75, 3.05) is 20.6 Å². The fraction of sp³-hybridized carbons (Fsp3) is 0.200. The molecule has 1 aromatic heterocycles. The van der Waals surface area contributed by atoms with Crippen LogP contribution in [0.15, 0.2) is 65.5 Å². The molecule has 5 heteroatoms. The SMILES string of the molecule is CN(C)CCn1nc(-c2ccc(F)cc2)cc(-c2ccccc2)c1=O. The predicted molar refractivity (Wildman–Crippen MR) is 97.9 cm³/mol.